The van der Waals surface area contributed by atoms with Crippen LogP contribution in [-0.4, -0.2) is 15.3 Å². The van der Waals surface area contributed by atoms with E-state index in [-0.39, 0.29) is 24.8 Å². The van der Waals surface area contributed by atoms with Gasteiger partial charge in [-0.2, -0.15) is 0 Å². The second-order valence-corrected chi connectivity index (χ2v) is 3.22. The standard InChI is InChI=1S/C10H14O3.CH4/c1-3-6(2)7-4-8(11)10(13)9(12)5-7;/h4-6,11-13H,3H2,1-2H3;1H4. The Hall–Kier alpha value is -1.38. The molecule has 0 aliphatic heterocycles. The normalized spacial score (nSPS) is 11.9. The largest absolute Gasteiger partial charge is 0.504 e. The molecule has 3 heteroatoms. The van der Waals surface area contributed by atoms with E-state index < -0.39 is 5.75 Å². The van der Waals surface area contributed by atoms with E-state index in [2.05, 4.69) is 0 Å². The zero-order valence-electron chi connectivity index (χ0n) is 7.78. The van der Waals surface area contributed by atoms with Crippen molar-refractivity contribution in [3.8, 4) is 17.2 Å². The first kappa shape index (κ1) is 12.6. The van der Waals surface area contributed by atoms with Gasteiger partial charge in [-0.05, 0) is 30.0 Å². The topological polar surface area (TPSA) is 60.7 Å². The van der Waals surface area contributed by atoms with E-state index in [0.717, 1.165) is 12.0 Å². The molecule has 0 heterocycles. The fourth-order valence-corrected chi connectivity index (χ4v) is 1.15. The number of hydrogen-bond acceptors (Lipinski definition) is 3. The third-order valence-corrected chi connectivity index (χ3v) is 2.27. The monoisotopic (exact) mass is 198 g/mol. The van der Waals surface area contributed by atoms with Gasteiger partial charge in [0.1, 0.15) is 0 Å². The first-order valence-electron chi connectivity index (χ1n) is 4.31. The maximum absolute atomic E-state index is 9.22. The second-order valence-electron chi connectivity index (χ2n) is 3.22. The summed E-state index contributed by atoms with van der Waals surface area (Å²) in [5, 5.41) is 27.5. The summed E-state index contributed by atoms with van der Waals surface area (Å²) < 4.78 is 0. The summed E-state index contributed by atoms with van der Waals surface area (Å²) in [6, 6.07) is 2.95. The molecule has 0 saturated carbocycles. The highest BCUT2D eigenvalue weighted by Gasteiger charge is 2.11. The van der Waals surface area contributed by atoms with Crippen molar-refractivity contribution in [3.63, 3.8) is 0 Å². The van der Waals surface area contributed by atoms with Crippen LogP contribution in [0.15, 0.2) is 12.1 Å². The van der Waals surface area contributed by atoms with Crippen LogP contribution in [0.2, 0.25) is 0 Å². The molecule has 3 nitrogen and oxygen atoms in total. The van der Waals surface area contributed by atoms with Crippen LogP contribution in [0.3, 0.4) is 0 Å². The first-order valence-corrected chi connectivity index (χ1v) is 4.31. The van der Waals surface area contributed by atoms with E-state index >= 15 is 0 Å². The lowest BCUT2D eigenvalue weighted by atomic mass is 9.98. The molecule has 0 fully saturated rings. The minimum Gasteiger partial charge on any atom is -0.504 e. The Kier molecular flexibility index (Phi) is 4.28. The molecule has 0 amide bonds. The maximum Gasteiger partial charge on any atom is 0.200 e. The number of rotatable bonds is 2. The molecule has 0 aromatic heterocycles. The predicted molar refractivity (Wildman–Crippen MR) is 56.9 cm³/mol. The Morgan fingerprint density at radius 2 is 1.57 bits per heavy atom. The number of aromatic hydroxyl groups is 3. The van der Waals surface area contributed by atoms with Gasteiger partial charge in [0.15, 0.2) is 17.2 Å². The van der Waals surface area contributed by atoms with Crippen LogP contribution in [0.4, 0.5) is 0 Å². The zero-order valence-corrected chi connectivity index (χ0v) is 7.78. The van der Waals surface area contributed by atoms with Crippen molar-refractivity contribution in [2.24, 2.45) is 0 Å². The van der Waals surface area contributed by atoms with Gasteiger partial charge >= 0.3 is 0 Å². The van der Waals surface area contributed by atoms with Crippen LogP contribution in [0.1, 0.15) is 39.2 Å². The van der Waals surface area contributed by atoms with E-state index in [1.165, 1.54) is 12.1 Å². The van der Waals surface area contributed by atoms with E-state index in [0.29, 0.717) is 0 Å². The van der Waals surface area contributed by atoms with Crippen LogP contribution in [0, 0.1) is 0 Å². The average molecular weight is 198 g/mol. The lowest BCUT2D eigenvalue weighted by molar-refractivity contribution is 0.366. The third-order valence-electron chi connectivity index (χ3n) is 2.27. The molecule has 3 N–H and O–H groups in total. The summed E-state index contributed by atoms with van der Waals surface area (Å²) in [6.07, 6.45) is 0.920. The van der Waals surface area contributed by atoms with Gasteiger partial charge in [0.25, 0.3) is 0 Å². The molecule has 0 spiro atoms. The number of phenols is 3. The van der Waals surface area contributed by atoms with Gasteiger partial charge < -0.3 is 15.3 Å². The predicted octanol–water partition coefficient (Wildman–Crippen LogP) is 2.95. The Morgan fingerprint density at radius 3 is 1.93 bits per heavy atom. The fourth-order valence-electron chi connectivity index (χ4n) is 1.15. The quantitative estimate of drug-likeness (QED) is 0.640. The maximum atomic E-state index is 9.22. The molecule has 0 bridgehead atoms. The van der Waals surface area contributed by atoms with Crippen molar-refractivity contribution < 1.29 is 15.3 Å². The first-order chi connectivity index (χ1) is 6.06. The summed E-state index contributed by atoms with van der Waals surface area (Å²) >= 11 is 0. The molecule has 0 radical (unpaired) electrons. The molecule has 1 unspecified atom stereocenters. The second kappa shape index (κ2) is 4.74. The molecular weight excluding hydrogens is 180 g/mol. The van der Waals surface area contributed by atoms with Gasteiger partial charge in [0, 0.05) is 0 Å². The Labute approximate surface area is 84.6 Å². The number of benzene rings is 1. The summed E-state index contributed by atoms with van der Waals surface area (Å²) in [6.45, 7) is 4.01. The highest BCUT2D eigenvalue weighted by atomic mass is 16.3. The van der Waals surface area contributed by atoms with Crippen molar-refractivity contribution in [1.82, 2.24) is 0 Å². The van der Waals surface area contributed by atoms with E-state index in [4.69, 9.17) is 5.11 Å². The molecule has 1 atom stereocenters. The van der Waals surface area contributed by atoms with Crippen LogP contribution >= 0.6 is 0 Å². The van der Waals surface area contributed by atoms with E-state index in [9.17, 15) is 10.2 Å². The highest BCUT2D eigenvalue weighted by Crippen LogP contribution is 2.37. The van der Waals surface area contributed by atoms with Crippen LogP contribution < -0.4 is 0 Å². The molecule has 0 aliphatic carbocycles. The third kappa shape index (κ3) is 2.31. The molecule has 0 aliphatic rings. The summed E-state index contributed by atoms with van der Waals surface area (Å²) in [4.78, 5) is 0. The summed E-state index contributed by atoms with van der Waals surface area (Å²) in [5.74, 6) is -0.727. The molecular formula is C11H18O3. The zero-order chi connectivity index (χ0) is 10.0. The van der Waals surface area contributed by atoms with Crippen molar-refractivity contribution >= 4 is 0 Å². The van der Waals surface area contributed by atoms with Crippen molar-refractivity contribution in [2.75, 3.05) is 0 Å². The molecule has 0 saturated heterocycles. The Balaban J connectivity index is 0.00000169. The minimum atomic E-state index is -0.452. The smallest absolute Gasteiger partial charge is 0.200 e. The Bertz CT molecular complexity index is 284. The average Bonchev–Trinajstić information content (AvgIpc) is 2.12. The Morgan fingerprint density at radius 1 is 1.14 bits per heavy atom. The number of hydrogen-bond donors (Lipinski definition) is 3. The van der Waals surface area contributed by atoms with E-state index in [1.807, 2.05) is 13.8 Å². The number of phenolic OH excluding ortho intramolecular Hbond substituents is 3. The van der Waals surface area contributed by atoms with Crippen molar-refractivity contribution in [3.05, 3.63) is 17.7 Å². The van der Waals surface area contributed by atoms with Crippen LogP contribution in [0.25, 0.3) is 0 Å². The lowest BCUT2D eigenvalue weighted by Crippen LogP contribution is -1.90. The van der Waals surface area contributed by atoms with Gasteiger partial charge in [0.05, 0.1) is 0 Å². The minimum absolute atomic E-state index is 0. The summed E-state index contributed by atoms with van der Waals surface area (Å²) in [5.41, 5.74) is 0.829. The molecule has 1 aromatic rings. The van der Waals surface area contributed by atoms with Gasteiger partial charge in [-0.25, -0.2) is 0 Å². The van der Waals surface area contributed by atoms with Crippen molar-refractivity contribution in [1.29, 1.82) is 0 Å². The van der Waals surface area contributed by atoms with Gasteiger partial charge in [-0.15, -0.1) is 0 Å². The molecule has 14 heavy (non-hydrogen) atoms. The van der Waals surface area contributed by atoms with Gasteiger partial charge in [0.2, 0.25) is 0 Å². The molecule has 1 aromatic carbocycles. The SMILES string of the molecule is C.CCC(C)c1cc(O)c(O)c(O)c1. The lowest BCUT2D eigenvalue weighted by Gasteiger charge is -2.10. The van der Waals surface area contributed by atoms with Crippen molar-refractivity contribution in [2.45, 2.75) is 33.6 Å². The summed E-state index contributed by atoms with van der Waals surface area (Å²) in [7, 11) is 0. The van der Waals surface area contributed by atoms with E-state index in [1.54, 1.807) is 0 Å². The van der Waals surface area contributed by atoms with Crippen LogP contribution in [0.5, 0.6) is 17.2 Å². The molecule has 1 rings (SSSR count). The van der Waals surface area contributed by atoms with Gasteiger partial charge in [-0.1, -0.05) is 21.3 Å². The highest BCUT2D eigenvalue weighted by molar-refractivity contribution is 5.51. The fraction of sp³-hybridized carbons (Fsp3) is 0.455. The van der Waals surface area contributed by atoms with Crippen LogP contribution in [-0.2, 0) is 0 Å². The van der Waals surface area contributed by atoms with Gasteiger partial charge in [-0.3, -0.25) is 0 Å². The molecule has 80 valence electrons.